The molecule has 0 radical (unpaired) electrons. The SMILES string of the molecule is COc1ccc(NC2CCC(NC(=O)OC(C)(C)C)C2)cc1Br. The zero-order valence-electron chi connectivity index (χ0n) is 14.1. The van der Waals surface area contributed by atoms with Gasteiger partial charge in [-0.05, 0) is 74.2 Å². The Morgan fingerprint density at radius 3 is 2.57 bits per heavy atom. The molecule has 2 unspecified atom stereocenters. The van der Waals surface area contributed by atoms with Gasteiger partial charge in [0.05, 0.1) is 11.6 Å². The largest absolute Gasteiger partial charge is 0.496 e. The van der Waals surface area contributed by atoms with Crippen LogP contribution in [0.5, 0.6) is 5.75 Å². The number of carbonyl (C=O) groups is 1. The standard InChI is InChI=1S/C17H25BrN2O3/c1-17(2,3)23-16(21)20-12-6-5-11(9-12)19-13-7-8-15(22-4)14(18)10-13/h7-8,10-12,19H,5-6,9H2,1-4H3,(H,20,21). The lowest BCUT2D eigenvalue weighted by molar-refractivity contribution is 0.0505. The topological polar surface area (TPSA) is 59.6 Å². The van der Waals surface area contributed by atoms with E-state index in [0.29, 0.717) is 6.04 Å². The average Bonchev–Trinajstić information content (AvgIpc) is 2.83. The second-order valence-electron chi connectivity index (χ2n) is 6.85. The third-order valence-corrected chi connectivity index (χ3v) is 4.30. The lowest BCUT2D eigenvalue weighted by atomic mass is 10.2. The van der Waals surface area contributed by atoms with Crippen LogP contribution in [0.15, 0.2) is 22.7 Å². The molecule has 0 aliphatic heterocycles. The van der Waals surface area contributed by atoms with Crippen molar-refractivity contribution in [2.24, 2.45) is 0 Å². The first-order valence-electron chi connectivity index (χ1n) is 7.86. The second kappa shape index (κ2) is 7.43. The van der Waals surface area contributed by atoms with Crippen molar-refractivity contribution in [2.45, 2.75) is 57.7 Å². The molecular formula is C17H25BrN2O3. The highest BCUT2D eigenvalue weighted by molar-refractivity contribution is 9.10. The number of benzene rings is 1. The number of ether oxygens (including phenoxy) is 2. The third kappa shape index (κ3) is 5.61. The molecule has 0 bridgehead atoms. The van der Waals surface area contributed by atoms with Gasteiger partial charge in [0, 0.05) is 17.8 Å². The molecule has 2 rings (SSSR count). The maximum absolute atomic E-state index is 11.8. The fraction of sp³-hybridized carbons (Fsp3) is 0.588. The summed E-state index contributed by atoms with van der Waals surface area (Å²) in [5, 5.41) is 6.46. The molecule has 1 saturated carbocycles. The van der Waals surface area contributed by atoms with Crippen LogP contribution in [-0.2, 0) is 4.74 Å². The first-order chi connectivity index (χ1) is 10.8. The molecule has 0 spiro atoms. The Morgan fingerprint density at radius 1 is 1.26 bits per heavy atom. The van der Waals surface area contributed by atoms with Crippen molar-refractivity contribution in [1.29, 1.82) is 0 Å². The molecule has 1 amide bonds. The van der Waals surface area contributed by atoms with E-state index in [1.807, 2.05) is 39.0 Å². The van der Waals surface area contributed by atoms with E-state index in [4.69, 9.17) is 9.47 Å². The molecule has 1 aliphatic rings. The fourth-order valence-electron chi connectivity index (χ4n) is 2.71. The van der Waals surface area contributed by atoms with Crippen molar-refractivity contribution >= 4 is 27.7 Å². The Morgan fingerprint density at radius 2 is 1.96 bits per heavy atom. The molecule has 1 aromatic rings. The minimum atomic E-state index is -0.463. The Balaban J connectivity index is 1.83. The number of hydrogen-bond acceptors (Lipinski definition) is 4. The van der Waals surface area contributed by atoms with Crippen LogP contribution in [0.1, 0.15) is 40.0 Å². The Kier molecular flexibility index (Phi) is 5.79. The van der Waals surface area contributed by atoms with Crippen LogP contribution in [0, 0.1) is 0 Å². The molecule has 2 atom stereocenters. The maximum Gasteiger partial charge on any atom is 0.407 e. The fourth-order valence-corrected chi connectivity index (χ4v) is 3.25. The van der Waals surface area contributed by atoms with Gasteiger partial charge in [-0.25, -0.2) is 4.79 Å². The normalized spacial score (nSPS) is 20.9. The summed E-state index contributed by atoms with van der Waals surface area (Å²) in [6.07, 6.45) is 2.52. The van der Waals surface area contributed by atoms with Gasteiger partial charge in [-0.3, -0.25) is 0 Å². The molecule has 1 aliphatic carbocycles. The number of rotatable bonds is 4. The Labute approximate surface area is 146 Å². The van der Waals surface area contributed by atoms with E-state index in [1.165, 1.54) is 0 Å². The molecule has 0 saturated heterocycles. The zero-order chi connectivity index (χ0) is 17.0. The third-order valence-electron chi connectivity index (χ3n) is 3.68. The summed E-state index contributed by atoms with van der Waals surface area (Å²) in [6, 6.07) is 6.43. The van der Waals surface area contributed by atoms with E-state index in [-0.39, 0.29) is 12.1 Å². The van der Waals surface area contributed by atoms with E-state index in [9.17, 15) is 4.79 Å². The predicted molar refractivity (Wildman–Crippen MR) is 95.1 cm³/mol. The van der Waals surface area contributed by atoms with Crippen molar-refractivity contribution in [3.63, 3.8) is 0 Å². The molecule has 128 valence electrons. The number of anilines is 1. The maximum atomic E-state index is 11.8. The Hall–Kier alpha value is -1.43. The minimum absolute atomic E-state index is 0.157. The second-order valence-corrected chi connectivity index (χ2v) is 7.70. The van der Waals surface area contributed by atoms with E-state index in [0.717, 1.165) is 35.2 Å². The lowest BCUT2D eigenvalue weighted by Gasteiger charge is -2.22. The number of amides is 1. The van der Waals surface area contributed by atoms with E-state index in [2.05, 4.69) is 26.6 Å². The molecular weight excluding hydrogens is 360 g/mol. The van der Waals surface area contributed by atoms with Gasteiger partial charge in [0.25, 0.3) is 0 Å². The Bertz CT molecular complexity index is 557. The number of carbonyl (C=O) groups excluding carboxylic acids is 1. The van der Waals surface area contributed by atoms with Crippen molar-refractivity contribution in [3.8, 4) is 5.75 Å². The molecule has 2 N–H and O–H groups in total. The van der Waals surface area contributed by atoms with E-state index >= 15 is 0 Å². The summed E-state index contributed by atoms with van der Waals surface area (Å²) in [5.41, 5.74) is 0.580. The van der Waals surface area contributed by atoms with Crippen LogP contribution in [-0.4, -0.2) is 30.9 Å². The first-order valence-corrected chi connectivity index (χ1v) is 8.66. The van der Waals surface area contributed by atoms with Crippen molar-refractivity contribution in [2.75, 3.05) is 12.4 Å². The summed E-state index contributed by atoms with van der Waals surface area (Å²) in [7, 11) is 1.65. The van der Waals surface area contributed by atoms with Gasteiger partial charge in [0.1, 0.15) is 11.4 Å². The van der Waals surface area contributed by atoms with Crippen molar-refractivity contribution in [3.05, 3.63) is 22.7 Å². The molecule has 6 heteroatoms. The summed E-state index contributed by atoms with van der Waals surface area (Å²) in [4.78, 5) is 11.8. The quantitative estimate of drug-likeness (QED) is 0.811. The van der Waals surface area contributed by atoms with Gasteiger partial charge in [0.15, 0.2) is 0 Å². The van der Waals surface area contributed by atoms with Gasteiger partial charge < -0.3 is 20.1 Å². The number of methoxy groups -OCH3 is 1. The van der Waals surface area contributed by atoms with Gasteiger partial charge in [-0.2, -0.15) is 0 Å². The van der Waals surface area contributed by atoms with Crippen LogP contribution in [0.25, 0.3) is 0 Å². The van der Waals surface area contributed by atoms with E-state index in [1.54, 1.807) is 7.11 Å². The summed E-state index contributed by atoms with van der Waals surface area (Å²) < 4.78 is 11.5. The van der Waals surface area contributed by atoms with Crippen LogP contribution in [0.3, 0.4) is 0 Å². The predicted octanol–water partition coefficient (Wildman–Crippen LogP) is 4.32. The number of alkyl carbamates (subject to hydrolysis) is 1. The smallest absolute Gasteiger partial charge is 0.407 e. The van der Waals surface area contributed by atoms with Gasteiger partial charge >= 0.3 is 6.09 Å². The highest BCUT2D eigenvalue weighted by Crippen LogP contribution is 2.30. The molecule has 0 aromatic heterocycles. The number of hydrogen-bond donors (Lipinski definition) is 2. The molecule has 1 aromatic carbocycles. The highest BCUT2D eigenvalue weighted by atomic mass is 79.9. The molecule has 1 fully saturated rings. The number of halogens is 1. The monoisotopic (exact) mass is 384 g/mol. The highest BCUT2D eigenvalue weighted by Gasteiger charge is 2.27. The van der Waals surface area contributed by atoms with Gasteiger partial charge in [-0.1, -0.05) is 0 Å². The zero-order valence-corrected chi connectivity index (χ0v) is 15.7. The van der Waals surface area contributed by atoms with Crippen LogP contribution >= 0.6 is 15.9 Å². The number of nitrogens with one attached hydrogen (secondary N) is 2. The van der Waals surface area contributed by atoms with Crippen LogP contribution in [0.2, 0.25) is 0 Å². The van der Waals surface area contributed by atoms with Crippen LogP contribution < -0.4 is 15.4 Å². The lowest BCUT2D eigenvalue weighted by Crippen LogP contribution is -2.38. The average molecular weight is 385 g/mol. The summed E-state index contributed by atoms with van der Waals surface area (Å²) >= 11 is 3.49. The summed E-state index contributed by atoms with van der Waals surface area (Å²) in [6.45, 7) is 5.60. The minimum Gasteiger partial charge on any atom is -0.496 e. The molecule has 5 nitrogen and oxygen atoms in total. The molecule has 0 heterocycles. The van der Waals surface area contributed by atoms with Crippen molar-refractivity contribution in [1.82, 2.24) is 5.32 Å². The van der Waals surface area contributed by atoms with Gasteiger partial charge in [-0.15, -0.1) is 0 Å². The van der Waals surface area contributed by atoms with Gasteiger partial charge in [0.2, 0.25) is 0 Å². The van der Waals surface area contributed by atoms with Crippen molar-refractivity contribution < 1.29 is 14.3 Å². The summed E-state index contributed by atoms with van der Waals surface area (Å²) in [5.74, 6) is 0.812. The van der Waals surface area contributed by atoms with E-state index < -0.39 is 5.60 Å². The first kappa shape index (κ1) is 17.9. The van der Waals surface area contributed by atoms with Crippen LogP contribution in [0.4, 0.5) is 10.5 Å². The molecule has 23 heavy (non-hydrogen) atoms.